The first-order valence-electron chi connectivity index (χ1n) is 11.5. The highest BCUT2D eigenvalue weighted by Crippen LogP contribution is 2.38. The predicted octanol–water partition coefficient (Wildman–Crippen LogP) is 6.10. The molecule has 0 radical (unpaired) electrons. The lowest BCUT2D eigenvalue weighted by molar-refractivity contribution is 0.352. The third-order valence-electron chi connectivity index (χ3n) is 7.29. The van der Waals surface area contributed by atoms with Gasteiger partial charge in [-0.15, -0.1) is 0 Å². The average molecular weight is 388 g/mol. The van der Waals surface area contributed by atoms with Gasteiger partial charge in [-0.2, -0.15) is 0 Å². The normalized spacial score (nSPS) is 20.2. The summed E-state index contributed by atoms with van der Waals surface area (Å²) in [5.41, 5.74) is 6.92. The Bertz CT molecular complexity index is 982. The molecule has 1 unspecified atom stereocenters. The van der Waals surface area contributed by atoms with Crippen LogP contribution >= 0.6 is 0 Å². The topological polar surface area (TPSA) is 21.1 Å². The van der Waals surface area contributed by atoms with Gasteiger partial charge < -0.3 is 9.47 Å². The number of imidazole rings is 1. The molecule has 2 heterocycles. The molecule has 0 bridgehead atoms. The molecule has 0 amide bonds. The van der Waals surface area contributed by atoms with Crippen molar-refractivity contribution in [3.8, 4) is 0 Å². The van der Waals surface area contributed by atoms with Crippen LogP contribution in [0.2, 0.25) is 0 Å². The van der Waals surface area contributed by atoms with Gasteiger partial charge >= 0.3 is 0 Å². The van der Waals surface area contributed by atoms with E-state index in [9.17, 15) is 0 Å². The van der Waals surface area contributed by atoms with Gasteiger partial charge in [0.25, 0.3) is 0 Å². The van der Waals surface area contributed by atoms with Crippen molar-refractivity contribution in [3.63, 3.8) is 0 Å². The average Bonchev–Trinajstić information content (AvgIpc) is 3.15. The number of rotatable bonds is 4. The predicted molar refractivity (Wildman–Crippen MR) is 122 cm³/mol. The van der Waals surface area contributed by atoms with E-state index >= 15 is 0 Å². The van der Waals surface area contributed by atoms with Gasteiger partial charge in [0.15, 0.2) is 0 Å². The standard InChI is InChI=1S/C26H33N3/c1-19-13-15-22-23(28(19)2)16-17-24-26(22)27-25(18-14-20-9-5-3-6-10-20)29(24)21-11-7-4-8-12-21/h3,5-6,9-10,16-17,19,21H,4,7-8,11-15,18H2,1-2H3. The van der Waals surface area contributed by atoms with Crippen LogP contribution in [0.1, 0.15) is 68.4 Å². The summed E-state index contributed by atoms with van der Waals surface area (Å²) < 4.78 is 2.63. The molecule has 2 aromatic carbocycles. The summed E-state index contributed by atoms with van der Waals surface area (Å²) in [5, 5.41) is 0. The van der Waals surface area contributed by atoms with Crippen LogP contribution in [0.25, 0.3) is 11.0 Å². The molecule has 1 saturated carbocycles. The molecule has 1 aliphatic carbocycles. The molecular formula is C26H33N3. The molecule has 1 atom stereocenters. The Morgan fingerprint density at radius 3 is 2.52 bits per heavy atom. The van der Waals surface area contributed by atoms with Crippen LogP contribution < -0.4 is 4.90 Å². The number of benzene rings is 2. The Morgan fingerprint density at radius 1 is 0.931 bits per heavy atom. The highest BCUT2D eigenvalue weighted by molar-refractivity contribution is 5.86. The maximum absolute atomic E-state index is 5.31. The summed E-state index contributed by atoms with van der Waals surface area (Å²) in [6.07, 6.45) is 11.2. The van der Waals surface area contributed by atoms with E-state index in [1.807, 2.05) is 0 Å². The Hall–Kier alpha value is -2.29. The first kappa shape index (κ1) is 18.7. The minimum atomic E-state index is 0.609. The third kappa shape index (κ3) is 3.45. The number of anilines is 1. The second-order valence-electron chi connectivity index (χ2n) is 9.11. The SMILES string of the molecule is CC1CCc2c(ccc3c2nc(CCc2ccccc2)n3C2CCCCC2)N1C. The van der Waals surface area contributed by atoms with Gasteiger partial charge in [-0.05, 0) is 56.7 Å². The van der Waals surface area contributed by atoms with Gasteiger partial charge in [0.1, 0.15) is 5.82 Å². The van der Waals surface area contributed by atoms with Crippen LogP contribution in [0.4, 0.5) is 5.69 Å². The quantitative estimate of drug-likeness (QED) is 0.539. The van der Waals surface area contributed by atoms with Gasteiger partial charge in [-0.3, -0.25) is 0 Å². The zero-order chi connectivity index (χ0) is 19.8. The Labute approximate surface area is 174 Å². The van der Waals surface area contributed by atoms with E-state index in [-0.39, 0.29) is 0 Å². The first-order chi connectivity index (χ1) is 14.2. The second kappa shape index (κ2) is 7.85. The van der Waals surface area contributed by atoms with Crippen molar-refractivity contribution >= 4 is 16.7 Å². The summed E-state index contributed by atoms with van der Waals surface area (Å²) in [7, 11) is 2.24. The number of hydrogen-bond donors (Lipinski definition) is 0. The molecule has 0 N–H and O–H groups in total. The van der Waals surface area contributed by atoms with E-state index in [0.29, 0.717) is 12.1 Å². The van der Waals surface area contributed by atoms with Gasteiger partial charge in [-0.25, -0.2) is 4.98 Å². The zero-order valence-corrected chi connectivity index (χ0v) is 17.9. The molecule has 1 fully saturated rings. The molecule has 5 rings (SSSR count). The van der Waals surface area contributed by atoms with Crippen LogP contribution in [0.3, 0.4) is 0 Å². The molecule has 152 valence electrons. The molecule has 1 aromatic heterocycles. The van der Waals surface area contributed by atoms with Crippen LogP contribution in [0.5, 0.6) is 0 Å². The summed E-state index contributed by atoms with van der Waals surface area (Å²) in [4.78, 5) is 7.76. The fourth-order valence-corrected chi connectivity index (χ4v) is 5.44. The smallest absolute Gasteiger partial charge is 0.110 e. The number of nitrogens with zero attached hydrogens (tertiary/aromatic N) is 3. The van der Waals surface area contributed by atoms with Crippen molar-refractivity contribution in [2.45, 2.75) is 76.8 Å². The lowest BCUT2D eigenvalue weighted by Crippen LogP contribution is -2.33. The van der Waals surface area contributed by atoms with Crippen molar-refractivity contribution in [2.75, 3.05) is 11.9 Å². The molecule has 0 spiro atoms. The molecule has 3 aromatic rings. The van der Waals surface area contributed by atoms with Gasteiger partial charge in [0.2, 0.25) is 0 Å². The first-order valence-corrected chi connectivity index (χ1v) is 11.5. The van der Waals surface area contributed by atoms with E-state index in [4.69, 9.17) is 4.98 Å². The molecule has 0 saturated heterocycles. The highest BCUT2D eigenvalue weighted by Gasteiger charge is 2.27. The largest absolute Gasteiger partial charge is 0.372 e. The lowest BCUT2D eigenvalue weighted by Gasteiger charge is -2.34. The Kier molecular flexibility index (Phi) is 5.07. The summed E-state index contributed by atoms with van der Waals surface area (Å²) in [5.74, 6) is 1.30. The number of aromatic nitrogens is 2. The Morgan fingerprint density at radius 2 is 1.72 bits per heavy atom. The number of fused-ring (bicyclic) bond motifs is 3. The van der Waals surface area contributed by atoms with E-state index in [1.165, 1.54) is 72.2 Å². The maximum Gasteiger partial charge on any atom is 0.110 e. The van der Waals surface area contributed by atoms with Crippen LogP contribution in [-0.2, 0) is 19.3 Å². The van der Waals surface area contributed by atoms with Crippen molar-refractivity contribution < 1.29 is 0 Å². The van der Waals surface area contributed by atoms with Crippen LogP contribution in [-0.4, -0.2) is 22.6 Å². The van der Waals surface area contributed by atoms with Crippen LogP contribution in [0, 0.1) is 0 Å². The van der Waals surface area contributed by atoms with Gasteiger partial charge in [-0.1, -0.05) is 49.6 Å². The van der Waals surface area contributed by atoms with Crippen molar-refractivity contribution in [3.05, 3.63) is 59.4 Å². The van der Waals surface area contributed by atoms with Crippen molar-refractivity contribution in [1.29, 1.82) is 0 Å². The van der Waals surface area contributed by atoms with Gasteiger partial charge in [0, 0.05) is 36.8 Å². The lowest BCUT2D eigenvalue weighted by atomic mass is 9.94. The summed E-state index contributed by atoms with van der Waals surface area (Å²) in [6, 6.07) is 16.8. The fourth-order valence-electron chi connectivity index (χ4n) is 5.44. The van der Waals surface area contributed by atoms with Gasteiger partial charge in [0.05, 0.1) is 11.0 Å². The van der Waals surface area contributed by atoms with Crippen molar-refractivity contribution in [1.82, 2.24) is 9.55 Å². The van der Waals surface area contributed by atoms with E-state index in [0.717, 1.165) is 19.3 Å². The third-order valence-corrected chi connectivity index (χ3v) is 7.29. The number of hydrogen-bond acceptors (Lipinski definition) is 2. The molecule has 29 heavy (non-hydrogen) atoms. The molecule has 2 aliphatic rings. The highest BCUT2D eigenvalue weighted by atomic mass is 15.2. The molecule has 3 nitrogen and oxygen atoms in total. The Balaban J connectivity index is 1.58. The van der Waals surface area contributed by atoms with Crippen molar-refractivity contribution in [2.24, 2.45) is 0 Å². The minimum Gasteiger partial charge on any atom is -0.372 e. The minimum absolute atomic E-state index is 0.609. The molecule has 3 heteroatoms. The van der Waals surface area contributed by atoms with E-state index < -0.39 is 0 Å². The fraction of sp³-hybridized carbons (Fsp3) is 0.500. The second-order valence-corrected chi connectivity index (χ2v) is 9.11. The van der Waals surface area contributed by atoms with E-state index in [2.05, 4.69) is 65.9 Å². The van der Waals surface area contributed by atoms with E-state index in [1.54, 1.807) is 0 Å². The van der Waals surface area contributed by atoms with Crippen LogP contribution in [0.15, 0.2) is 42.5 Å². The molecule has 1 aliphatic heterocycles. The maximum atomic E-state index is 5.31. The molecular weight excluding hydrogens is 354 g/mol. The number of aryl methyl sites for hydroxylation is 3. The summed E-state index contributed by atoms with van der Waals surface area (Å²) in [6.45, 7) is 2.33. The summed E-state index contributed by atoms with van der Waals surface area (Å²) >= 11 is 0. The monoisotopic (exact) mass is 387 g/mol. The zero-order valence-electron chi connectivity index (χ0n) is 17.9.